The average Bonchev–Trinajstić information content (AvgIpc) is 2.72. The molecule has 0 aliphatic rings. The second-order valence-electron chi connectivity index (χ2n) is 5.78. The molecule has 0 aliphatic heterocycles. The molecule has 2 aromatic rings. The van der Waals surface area contributed by atoms with Crippen molar-refractivity contribution in [3.05, 3.63) is 59.7 Å². The number of halogens is 3. The maximum atomic E-state index is 12.7. The van der Waals surface area contributed by atoms with Gasteiger partial charge in [-0.25, -0.2) is 4.79 Å². The van der Waals surface area contributed by atoms with Crippen LogP contribution in [-0.2, 0) is 4.74 Å². The van der Waals surface area contributed by atoms with Gasteiger partial charge in [0.2, 0.25) is 3.79 Å². The van der Waals surface area contributed by atoms with E-state index in [0.29, 0.717) is 11.4 Å². The number of rotatable bonds is 6. The number of amides is 1. The molecule has 160 valence electrons. The van der Waals surface area contributed by atoms with Crippen LogP contribution in [0.2, 0.25) is 0 Å². The van der Waals surface area contributed by atoms with Crippen LogP contribution >= 0.6 is 47.0 Å². The molecular weight excluding hydrogens is 473 g/mol. The third kappa shape index (κ3) is 6.37. The number of carbonyl (C=O) groups excluding carboxylic acids is 2. The molecule has 0 fully saturated rings. The van der Waals surface area contributed by atoms with E-state index in [9.17, 15) is 9.59 Å². The standard InChI is InChI=1S/C19H18Cl3N3O4S/c1-28-14-10-6-4-8-12(14)15(26)24-17(19(20,21)22)25-18(30)23-13-9-5-3-7-11(13)16(27)29-2/h3-10,17H,1-2H3,(H,24,26)(H2,23,25,30). The monoisotopic (exact) mass is 489 g/mol. The third-order valence-corrected chi connectivity index (χ3v) is 4.68. The van der Waals surface area contributed by atoms with Gasteiger partial charge in [0.25, 0.3) is 5.91 Å². The van der Waals surface area contributed by atoms with Crippen molar-refractivity contribution in [1.29, 1.82) is 0 Å². The SMILES string of the molecule is COC(=O)c1ccccc1NC(=S)NC(NC(=O)c1ccccc1OC)C(Cl)(Cl)Cl. The lowest BCUT2D eigenvalue weighted by molar-refractivity contribution is 0.0601. The number of anilines is 1. The fourth-order valence-electron chi connectivity index (χ4n) is 2.41. The molecule has 0 saturated heterocycles. The molecule has 0 aromatic heterocycles. The summed E-state index contributed by atoms with van der Waals surface area (Å²) in [6, 6.07) is 13.1. The molecule has 1 amide bonds. The number of alkyl halides is 3. The molecule has 3 N–H and O–H groups in total. The van der Waals surface area contributed by atoms with Crippen molar-refractivity contribution in [3.8, 4) is 5.75 Å². The summed E-state index contributed by atoms with van der Waals surface area (Å²) in [4.78, 5) is 24.6. The molecule has 0 bridgehead atoms. The van der Waals surface area contributed by atoms with Crippen LogP contribution in [0.4, 0.5) is 5.69 Å². The highest BCUT2D eigenvalue weighted by molar-refractivity contribution is 7.80. The maximum absolute atomic E-state index is 12.7. The van der Waals surface area contributed by atoms with Crippen LogP contribution in [0.15, 0.2) is 48.5 Å². The Balaban J connectivity index is 2.17. The molecule has 0 spiro atoms. The van der Waals surface area contributed by atoms with Gasteiger partial charge < -0.3 is 25.4 Å². The summed E-state index contributed by atoms with van der Waals surface area (Å²) in [6.45, 7) is 0. The zero-order chi connectivity index (χ0) is 22.3. The molecule has 30 heavy (non-hydrogen) atoms. The van der Waals surface area contributed by atoms with Gasteiger partial charge in [-0.2, -0.15) is 0 Å². The van der Waals surface area contributed by atoms with Crippen molar-refractivity contribution in [2.24, 2.45) is 0 Å². The number of hydrogen-bond acceptors (Lipinski definition) is 5. The van der Waals surface area contributed by atoms with E-state index in [0.717, 1.165) is 0 Å². The quantitative estimate of drug-likeness (QED) is 0.245. The molecule has 7 nitrogen and oxygen atoms in total. The second kappa shape index (κ2) is 10.7. The van der Waals surface area contributed by atoms with Crippen molar-refractivity contribution in [2.45, 2.75) is 9.96 Å². The van der Waals surface area contributed by atoms with E-state index < -0.39 is 21.8 Å². The Morgan fingerprint density at radius 2 is 1.57 bits per heavy atom. The molecular formula is C19H18Cl3N3O4S. The smallest absolute Gasteiger partial charge is 0.339 e. The first-order chi connectivity index (χ1) is 14.2. The molecule has 1 unspecified atom stereocenters. The fourth-order valence-corrected chi connectivity index (χ4v) is 2.97. The van der Waals surface area contributed by atoms with Gasteiger partial charge in [0.15, 0.2) is 5.11 Å². The summed E-state index contributed by atoms with van der Waals surface area (Å²) in [5, 5.41) is 8.13. The van der Waals surface area contributed by atoms with Crippen LogP contribution in [0.25, 0.3) is 0 Å². The van der Waals surface area contributed by atoms with Crippen LogP contribution < -0.4 is 20.7 Å². The predicted octanol–water partition coefficient (Wildman–Crippen LogP) is 3.89. The number of nitrogens with one attached hydrogen (secondary N) is 3. The molecule has 2 rings (SSSR count). The molecule has 0 radical (unpaired) electrons. The second-order valence-corrected chi connectivity index (χ2v) is 8.56. The predicted molar refractivity (Wildman–Crippen MR) is 122 cm³/mol. The zero-order valence-electron chi connectivity index (χ0n) is 15.9. The molecule has 1 atom stereocenters. The summed E-state index contributed by atoms with van der Waals surface area (Å²) in [5.41, 5.74) is 0.879. The lowest BCUT2D eigenvalue weighted by Crippen LogP contribution is -2.56. The first-order valence-electron chi connectivity index (χ1n) is 8.42. The van der Waals surface area contributed by atoms with Crippen molar-refractivity contribution in [1.82, 2.24) is 10.6 Å². The van der Waals surface area contributed by atoms with Gasteiger partial charge in [-0.3, -0.25) is 4.79 Å². The third-order valence-electron chi connectivity index (χ3n) is 3.81. The Hall–Kier alpha value is -2.26. The summed E-state index contributed by atoms with van der Waals surface area (Å²) in [6.07, 6.45) is -1.20. The highest BCUT2D eigenvalue weighted by atomic mass is 35.6. The van der Waals surface area contributed by atoms with Gasteiger partial charge >= 0.3 is 5.97 Å². The fraction of sp³-hybridized carbons (Fsp3) is 0.211. The number of esters is 1. The number of carbonyl (C=O) groups is 2. The normalized spacial score (nSPS) is 11.8. The average molecular weight is 491 g/mol. The number of para-hydroxylation sites is 2. The van der Waals surface area contributed by atoms with Crippen LogP contribution in [0, 0.1) is 0 Å². The van der Waals surface area contributed by atoms with Crippen LogP contribution in [0.3, 0.4) is 0 Å². The van der Waals surface area contributed by atoms with Gasteiger partial charge in [-0.15, -0.1) is 0 Å². The van der Waals surface area contributed by atoms with Gasteiger partial charge in [0, 0.05) is 0 Å². The van der Waals surface area contributed by atoms with Crippen molar-refractivity contribution in [2.75, 3.05) is 19.5 Å². The topological polar surface area (TPSA) is 88.7 Å². The largest absolute Gasteiger partial charge is 0.496 e. The van der Waals surface area contributed by atoms with Crippen molar-refractivity contribution < 1.29 is 19.1 Å². The van der Waals surface area contributed by atoms with E-state index in [1.807, 2.05) is 0 Å². The highest BCUT2D eigenvalue weighted by Gasteiger charge is 2.35. The summed E-state index contributed by atoms with van der Waals surface area (Å²) in [7, 11) is 2.70. The van der Waals surface area contributed by atoms with Gasteiger partial charge in [0.1, 0.15) is 11.9 Å². The number of thiocarbonyl (C=S) groups is 1. The number of ether oxygens (including phenoxy) is 2. The first-order valence-corrected chi connectivity index (χ1v) is 9.97. The Morgan fingerprint density at radius 3 is 2.17 bits per heavy atom. The molecule has 2 aromatic carbocycles. The Bertz CT molecular complexity index is 937. The highest BCUT2D eigenvalue weighted by Crippen LogP contribution is 2.30. The minimum atomic E-state index is -1.95. The number of benzene rings is 2. The minimum absolute atomic E-state index is 0.00278. The van der Waals surface area contributed by atoms with E-state index in [1.165, 1.54) is 14.2 Å². The van der Waals surface area contributed by atoms with Gasteiger partial charge in [-0.1, -0.05) is 59.1 Å². The van der Waals surface area contributed by atoms with E-state index in [-0.39, 0.29) is 16.2 Å². The Morgan fingerprint density at radius 1 is 0.967 bits per heavy atom. The number of methoxy groups -OCH3 is 2. The summed E-state index contributed by atoms with van der Waals surface area (Å²) < 4.78 is 7.97. The van der Waals surface area contributed by atoms with Crippen molar-refractivity contribution in [3.63, 3.8) is 0 Å². The van der Waals surface area contributed by atoms with E-state index >= 15 is 0 Å². The Labute approximate surface area is 194 Å². The lowest BCUT2D eigenvalue weighted by Gasteiger charge is -2.28. The molecule has 0 aliphatic carbocycles. The minimum Gasteiger partial charge on any atom is -0.496 e. The van der Waals surface area contributed by atoms with E-state index in [2.05, 4.69) is 16.0 Å². The van der Waals surface area contributed by atoms with E-state index in [4.69, 9.17) is 56.5 Å². The van der Waals surface area contributed by atoms with Gasteiger partial charge in [-0.05, 0) is 36.5 Å². The summed E-state index contributed by atoms with van der Waals surface area (Å²) in [5.74, 6) is -0.747. The molecule has 11 heteroatoms. The van der Waals surface area contributed by atoms with Crippen LogP contribution in [0.5, 0.6) is 5.75 Å². The zero-order valence-corrected chi connectivity index (χ0v) is 19.0. The summed E-state index contributed by atoms with van der Waals surface area (Å²) >= 11 is 23.3. The maximum Gasteiger partial charge on any atom is 0.339 e. The van der Waals surface area contributed by atoms with E-state index in [1.54, 1.807) is 48.5 Å². The lowest BCUT2D eigenvalue weighted by atomic mass is 10.2. The first kappa shape index (κ1) is 24.0. The Kier molecular flexibility index (Phi) is 8.54. The van der Waals surface area contributed by atoms with Crippen LogP contribution in [0.1, 0.15) is 20.7 Å². The molecule has 0 saturated carbocycles. The van der Waals surface area contributed by atoms with Gasteiger partial charge in [0.05, 0.1) is 31.0 Å². The molecule has 0 heterocycles. The van der Waals surface area contributed by atoms with Crippen molar-refractivity contribution >= 4 is 69.7 Å². The van der Waals surface area contributed by atoms with Crippen LogP contribution in [-0.4, -0.2) is 41.2 Å². The number of hydrogen-bond donors (Lipinski definition) is 3.